The fourth-order valence-electron chi connectivity index (χ4n) is 4.57. The number of hydrogen-bond donors (Lipinski definition) is 1. The minimum Gasteiger partial charge on any atom is -0.493 e. The second-order valence-corrected chi connectivity index (χ2v) is 10.5. The summed E-state index contributed by atoms with van der Waals surface area (Å²) < 4.78 is 16.6. The number of ether oxygens (including phenoxy) is 3. The van der Waals surface area contributed by atoms with E-state index in [2.05, 4.69) is 11.4 Å². The van der Waals surface area contributed by atoms with Gasteiger partial charge in [-0.1, -0.05) is 18.2 Å². The Balaban J connectivity index is 1.49. The van der Waals surface area contributed by atoms with Gasteiger partial charge in [-0.05, 0) is 66.6 Å². The molecule has 1 aromatic heterocycles. The van der Waals surface area contributed by atoms with Gasteiger partial charge in [-0.15, -0.1) is 11.3 Å². The highest BCUT2D eigenvalue weighted by molar-refractivity contribution is 7.09. The van der Waals surface area contributed by atoms with Gasteiger partial charge in [0, 0.05) is 30.3 Å². The van der Waals surface area contributed by atoms with Crippen LogP contribution in [0.2, 0.25) is 0 Å². The molecule has 1 saturated heterocycles. The zero-order chi connectivity index (χ0) is 28.3. The van der Waals surface area contributed by atoms with E-state index in [1.54, 1.807) is 54.7 Å². The minimum atomic E-state index is -0.407. The van der Waals surface area contributed by atoms with Gasteiger partial charge in [-0.2, -0.15) is 5.26 Å². The molecule has 1 fully saturated rings. The van der Waals surface area contributed by atoms with Crippen LogP contribution in [-0.4, -0.2) is 68.3 Å². The Bertz CT molecular complexity index is 1320. The van der Waals surface area contributed by atoms with Gasteiger partial charge in [0.05, 0.1) is 38.5 Å². The number of amides is 3. The molecular weight excluding hydrogens is 528 g/mol. The first-order valence-corrected chi connectivity index (χ1v) is 14.1. The van der Waals surface area contributed by atoms with Crippen LogP contribution in [-0.2, 0) is 22.5 Å². The Morgan fingerprint density at radius 3 is 2.65 bits per heavy atom. The van der Waals surface area contributed by atoms with E-state index in [0.29, 0.717) is 55.4 Å². The van der Waals surface area contributed by atoms with Crippen molar-refractivity contribution in [3.8, 4) is 17.6 Å². The van der Waals surface area contributed by atoms with Crippen LogP contribution in [0.4, 0.5) is 10.5 Å². The number of rotatable bonds is 12. The first-order valence-electron chi connectivity index (χ1n) is 13.2. The molecule has 1 aliphatic heterocycles. The van der Waals surface area contributed by atoms with Gasteiger partial charge in [-0.25, -0.2) is 4.79 Å². The van der Waals surface area contributed by atoms with E-state index in [0.717, 1.165) is 23.3 Å². The maximum atomic E-state index is 13.7. The predicted molar refractivity (Wildman–Crippen MR) is 154 cm³/mol. The Labute approximate surface area is 238 Å². The molecule has 0 spiro atoms. The van der Waals surface area contributed by atoms with E-state index in [1.165, 1.54) is 4.90 Å². The molecule has 2 aromatic carbocycles. The average Bonchev–Trinajstić information content (AvgIpc) is 3.69. The summed E-state index contributed by atoms with van der Waals surface area (Å²) in [5, 5.41) is 14.0. The van der Waals surface area contributed by atoms with Crippen molar-refractivity contribution in [3.05, 3.63) is 76.0 Å². The Hall–Kier alpha value is -4.07. The zero-order valence-corrected chi connectivity index (χ0v) is 23.6. The van der Waals surface area contributed by atoms with Gasteiger partial charge in [0.25, 0.3) is 0 Å². The largest absolute Gasteiger partial charge is 0.493 e. The molecule has 0 unspecified atom stereocenters. The summed E-state index contributed by atoms with van der Waals surface area (Å²) >= 11 is 1.59. The third-order valence-corrected chi connectivity index (χ3v) is 7.56. The Kier molecular flexibility index (Phi) is 10.4. The minimum absolute atomic E-state index is 0.0963. The molecule has 210 valence electrons. The summed E-state index contributed by atoms with van der Waals surface area (Å²) in [6.07, 6.45) is 2.24. The number of nitrogens with one attached hydrogen (secondary N) is 1. The molecular formula is C30H34N4O5S. The number of anilines is 1. The summed E-state index contributed by atoms with van der Waals surface area (Å²) in [5.41, 5.74) is 1.95. The molecule has 0 radical (unpaired) electrons. The summed E-state index contributed by atoms with van der Waals surface area (Å²) in [5.74, 6) is 1.12. The molecule has 40 heavy (non-hydrogen) atoms. The molecule has 0 saturated carbocycles. The van der Waals surface area contributed by atoms with Crippen molar-refractivity contribution >= 4 is 29.0 Å². The SMILES string of the molecule is COc1ccc(CCN(Cc2cccs2)C(=O)CN(C[C@H]2CCCO2)C(=O)Nc2cccc(C#N)c2)cc1OC. The predicted octanol–water partition coefficient (Wildman–Crippen LogP) is 4.92. The molecule has 1 atom stereocenters. The molecule has 3 aromatic rings. The van der Waals surface area contributed by atoms with Gasteiger partial charge in [0.15, 0.2) is 11.5 Å². The van der Waals surface area contributed by atoms with Crippen molar-refractivity contribution in [2.45, 2.75) is 31.9 Å². The van der Waals surface area contributed by atoms with Crippen molar-refractivity contribution in [2.75, 3.05) is 45.8 Å². The number of carbonyl (C=O) groups is 2. The summed E-state index contributed by atoms with van der Waals surface area (Å²) in [4.78, 5) is 31.5. The highest BCUT2D eigenvalue weighted by Gasteiger charge is 2.27. The van der Waals surface area contributed by atoms with Crippen LogP contribution in [0.3, 0.4) is 0 Å². The van der Waals surface area contributed by atoms with E-state index in [9.17, 15) is 14.9 Å². The standard InChI is InChI=1S/C30H34N4O5S/c1-37-27-11-10-22(17-28(27)38-2)12-13-33(20-26-9-5-15-40-26)29(35)21-34(19-25-8-4-14-39-25)30(36)32-24-7-3-6-23(16-24)18-31/h3,5-7,9-11,15-17,25H,4,8,12-14,19-21H2,1-2H3,(H,32,36)/t25-/m1/s1. The Morgan fingerprint density at radius 2 is 1.95 bits per heavy atom. The van der Waals surface area contributed by atoms with Crippen molar-refractivity contribution < 1.29 is 23.8 Å². The summed E-state index contributed by atoms with van der Waals surface area (Å²) in [6.45, 7) is 1.77. The normalized spacial score (nSPS) is 14.3. The smallest absolute Gasteiger partial charge is 0.322 e. The lowest BCUT2D eigenvalue weighted by Crippen LogP contribution is -2.47. The topological polar surface area (TPSA) is 104 Å². The molecule has 0 aliphatic carbocycles. The van der Waals surface area contributed by atoms with Gasteiger partial charge >= 0.3 is 6.03 Å². The Morgan fingerprint density at radius 1 is 1.10 bits per heavy atom. The van der Waals surface area contributed by atoms with E-state index in [1.807, 2.05) is 35.7 Å². The van der Waals surface area contributed by atoms with Crippen LogP contribution in [0.25, 0.3) is 0 Å². The fraction of sp³-hybridized carbons (Fsp3) is 0.367. The lowest BCUT2D eigenvalue weighted by molar-refractivity contribution is -0.132. The van der Waals surface area contributed by atoms with E-state index < -0.39 is 6.03 Å². The average molecular weight is 563 g/mol. The van der Waals surface area contributed by atoms with Crippen molar-refractivity contribution in [3.63, 3.8) is 0 Å². The number of urea groups is 1. The van der Waals surface area contributed by atoms with Crippen LogP contribution in [0.15, 0.2) is 60.0 Å². The quantitative estimate of drug-likeness (QED) is 0.336. The molecule has 2 heterocycles. The van der Waals surface area contributed by atoms with Crippen LogP contribution in [0.5, 0.6) is 11.5 Å². The maximum Gasteiger partial charge on any atom is 0.322 e. The van der Waals surface area contributed by atoms with Crippen LogP contribution in [0.1, 0.15) is 28.8 Å². The molecule has 10 heteroatoms. The van der Waals surface area contributed by atoms with Crippen molar-refractivity contribution in [1.82, 2.24) is 9.80 Å². The highest BCUT2D eigenvalue weighted by atomic mass is 32.1. The van der Waals surface area contributed by atoms with Gasteiger partial charge in [0.2, 0.25) is 5.91 Å². The fourth-order valence-corrected chi connectivity index (χ4v) is 5.29. The van der Waals surface area contributed by atoms with E-state index >= 15 is 0 Å². The second-order valence-electron chi connectivity index (χ2n) is 9.47. The van der Waals surface area contributed by atoms with Crippen LogP contribution in [0, 0.1) is 11.3 Å². The molecule has 1 aliphatic rings. The third-order valence-electron chi connectivity index (χ3n) is 6.70. The summed E-state index contributed by atoms with van der Waals surface area (Å²) in [6, 6.07) is 18.1. The lowest BCUT2D eigenvalue weighted by atomic mass is 10.1. The van der Waals surface area contributed by atoms with E-state index in [-0.39, 0.29) is 18.6 Å². The van der Waals surface area contributed by atoms with E-state index in [4.69, 9.17) is 14.2 Å². The first kappa shape index (κ1) is 28.9. The third kappa shape index (κ3) is 7.97. The van der Waals surface area contributed by atoms with Crippen molar-refractivity contribution in [1.29, 1.82) is 5.26 Å². The molecule has 3 amide bonds. The van der Waals surface area contributed by atoms with Crippen LogP contribution >= 0.6 is 11.3 Å². The summed E-state index contributed by atoms with van der Waals surface area (Å²) in [7, 11) is 3.19. The number of thiophene rings is 1. The maximum absolute atomic E-state index is 13.7. The highest BCUT2D eigenvalue weighted by Crippen LogP contribution is 2.28. The number of carbonyl (C=O) groups excluding carboxylic acids is 2. The van der Waals surface area contributed by atoms with Crippen molar-refractivity contribution in [2.24, 2.45) is 0 Å². The van der Waals surface area contributed by atoms with Gasteiger partial charge in [-0.3, -0.25) is 4.79 Å². The zero-order valence-electron chi connectivity index (χ0n) is 22.8. The second kappa shape index (κ2) is 14.4. The van der Waals surface area contributed by atoms with Gasteiger partial charge < -0.3 is 29.3 Å². The number of methoxy groups -OCH3 is 2. The lowest BCUT2D eigenvalue weighted by Gasteiger charge is -2.29. The number of benzene rings is 2. The molecule has 0 bridgehead atoms. The van der Waals surface area contributed by atoms with Gasteiger partial charge in [0.1, 0.15) is 6.54 Å². The molecule has 1 N–H and O–H groups in total. The first-order chi connectivity index (χ1) is 19.5. The number of hydrogen-bond acceptors (Lipinski definition) is 7. The molecule has 9 nitrogen and oxygen atoms in total. The molecule has 4 rings (SSSR count). The monoisotopic (exact) mass is 562 g/mol. The number of nitriles is 1. The van der Waals surface area contributed by atoms with Crippen LogP contribution < -0.4 is 14.8 Å². The number of nitrogens with zero attached hydrogens (tertiary/aromatic N) is 3.